The smallest absolute Gasteiger partial charge is 0.297 e. The molecule has 2 heterocycles. The minimum atomic E-state index is -0.334. The summed E-state index contributed by atoms with van der Waals surface area (Å²) < 4.78 is 3.21. The summed E-state index contributed by atoms with van der Waals surface area (Å²) in [5.74, 6) is 0.442. The lowest BCUT2D eigenvalue weighted by atomic mass is 10.2. The van der Waals surface area contributed by atoms with Gasteiger partial charge in [0.1, 0.15) is 12.4 Å². The van der Waals surface area contributed by atoms with Crippen molar-refractivity contribution < 1.29 is 4.79 Å². The van der Waals surface area contributed by atoms with Crippen LogP contribution in [-0.2, 0) is 17.8 Å². The molecular formula is C19H17N5O2. The molecule has 7 heteroatoms. The van der Waals surface area contributed by atoms with E-state index in [2.05, 4.69) is 15.5 Å². The van der Waals surface area contributed by atoms with E-state index in [0.29, 0.717) is 23.4 Å². The maximum Gasteiger partial charge on any atom is 0.297 e. The number of aromatic nitrogens is 4. The number of anilines is 1. The van der Waals surface area contributed by atoms with Gasteiger partial charge >= 0.3 is 0 Å². The summed E-state index contributed by atoms with van der Waals surface area (Å²) >= 11 is 0. The lowest BCUT2D eigenvalue weighted by Crippen LogP contribution is -2.29. The molecule has 130 valence electrons. The molecule has 4 aromatic rings. The molecule has 0 unspecified atom stereocenters. The normalized spacial score (nSPS) is 11.1. The quantitative estimate of drug-likeness (QED) is 0.614. The highest BCUT2D eigenvalue weighted by Crippen LogP contribution is 2.16. The number of nitrogens with zero attached hydrogens (tertiary/aromatic N) is 4. The average Bonchev–Trinajstić information content (AvgIpc) is 3.10. The van der Waals surface area contributed by atoms with Gasteiger partial charge in [-0.1, -0.05) is 37.3 Å². The van der Waals surface area contributed by atoms with Gasteiger partial charge in [0.05, 0.1) is 11.0 Å². The topological polar surface area (TPSA) is 81.3 Å². The Hall–Kier alpha value is -3.48. The Morgan fingerprint density at radius 2 is 1.69 bits per heavy atom. The second-order valence-electron chi connectivity index (χ2n) is 5.92. The van der Waals surface area contributed by atoms with Crippen LogP contribution in [-0.4, -0.2) is 25.1 Å². The first-order valence-electron chi connectivity index (χ1n) is 8.39. The second kappa shape index (κ2) is 6.44. The van der Waals surface area contributed by atoms with Gasteiger partial charge in [-0.05, 0) is 24.3 Å². The number of para-hydroxylation sites is 3. The molecule has 2 aromatic heterocycles. The van der Waals surface area contributed by atoms with Gasteiger partial charge in [-0.2, -0.15) is 0 Å². The molecule has 0 saturated heterocycles. The summed E-state index contributed by atoms with van der Waals surface area (Å²) in [5, 5.41) is 11.0. The Morgan fingerprint density at radius 3 is 2.42 bits per heavy atom. The summed E-state index contributed by atoms with van der Waals surface area (Å²) in [5.41, 5.74) is 2.05. The molecule has 4 rings (SSSR count). The maximum absolute atomic E-state index is 12.9. The molecule has 0 spiro atoms. The van der Waals surface area contributed by atoms with Gasteiger partial charge in [0.15, 0.2) is 0 Å². The standard InChI is InChI=1S/C19H17N5O2/c1-2-16-21-22-18-19(26)23(14-10-6-7-11-15(14)24(16)18)12-17(25)20-13-8-4-3-5-9-13/h3-11H,2,12H2,1H3,(H,20,25). The number of carbonyl (C=O) groups excluding carboxylic acids is 1. The maximum atomic E-state index is 12.9. The summed E-state index contributed by atoms with van der Waals surface area (Å²) in [6.07, 6.45) is 0.656. The molecule has 2 aromatic carbocycles. The van der Waals surface area contributed by atoms with Crippen LogP contribution in [0.25, 0.3) is 16.7 Å². The van der Waals surface area contributed by atoms with Crippen LogP contribution in [0.5, 0.6) is 0 Å². The fourth-order valence-corrected chi connectivity index (χ4v) is 3.07. The largest absolute Gasteiger partial charge is 0.325 e. The first-order valence-corrected chi connectivity index (χ1v) is 8.39. The average molecular weight is 347 g/mol. The number of carbonyl (C=O) groups is 1. The highest BCUT2D eigenvalue weighted by molar-refractivity contribution is 5.91. The minimum Gasteiger partial charge on any atom is -0.325 e. The molecule has 1 amide bonds. The van der Waals surface area contributed by atoms with Gasteiger partial charge in [-0.3, -0.25) is 18.6 Å². The van der Waals surface area contributed by atoms with Crippen LogP contribution in [0.15, 0.2) is 59.4 Å². The zero-order valence-electron chi connectivity index (χ0n) is 14.2. The van der Waals surface area contributed by atoms with Crippen molar-refractivity contribution in [1.82, 2.24) is 19.2 Å². The lowest BCUT2D eigenvalue weighted by Gasteiger charge is -2.12. The van der Waals surface area contributed by atoms with E-state index >= 15 is 0 Å². The predicted molar refractivity (Wildman–Crippen MR) is 99.2 cm³/mol. The van der Waals surface area contributed by atoms with E-state index in [9.17, 15) is 9.59 Å². The molecule has 0 aliphatic carbocycles. The molecule has 0 aliphatic rings. The van der Waals surface area contributed by atoms with Crippen molar-refractivity contribution in [3.8, 4) is 0 Å². The number of hydrogen-bond acceptors (Lipinski definition) is 4. The summed E-state index contributed by atoms with van der Waals surface area (Å²) in [6, 6.07) is 16.6. The van der Waals surface area contributed by atoms with Crippen LogP contribution in [0.1, 0.15) is 12.7 Å². The van der Waals surface area contributed by atoms with Gasteiger partial charge in [-0.25, -0.2) is 0 Å². The van der Waals surface area contributed by atoms with E-state index in [1.165, 1.54) is 4.57 Å². The molecular weight excluding hydrogens is 330 g/mol. The summed E-state index contributed by atoms with van der Waals surface area (Å²) in [7, 11) is 0. The SMILES string of the molecule is CCc1nnc2c(=O)n(CC(=O)Nc3ccccc3)c3ccccc3n12. The zero-order valence-corrected chi connectivity index (χ0v) is 14.2. The number of nitrogens with one attached hydrogen (secondary N) is 1. The molecule has 0 aliphatic heterocycles. The number of aryl methyl sites for hydroxylation is 1. The van der Waals surface area contributed by atoms with Crippen molar-refractivity contribution in [2.75, 3.05) is 5.32 Å². The van der Waals surface area contributed by atoms with Crippen molar-refractivity contribution in [3.05, 3.63) is 70.8 Å². The fourth-order valence-electron chi connectivity index (χ4n) is 3.07. The third-order valence-electron chi connectivity index (χ3n) is 4.26. The summed E-state index contributed by atoms with van der Waals surface area (Å²) in [4.78, 5) is 25.4. The Labute approximate surface area is 148 Å². The predicted octanol–water partition coefficient (Wildman–Crippen LogP) is 2.25. The van der Waals surface area contributed by atoms with Crippen molar-refractivity contribution >= 4 is 28.3 Å². The highest BCUT2D eigenvalue weighted by Gasteiger charge is 2.17. The number of fused-ring (bicyclic) bond motifs is 3. The Balaban J connectivity index is 1.83. The van der Waals surface area contributed by atoms with E-state index in [0.717, 1.165) is 5.52 Å². The molecule has 1 N–H and O–H groups in total. The third kappa shape index (κ3) is 2.63. The number of hydrogen-bond donors (Lipinski definition) is 1. The molecule has 0 bridgehead atoms. The third-order valence-corrected chi connectivity index (χ3v) is 4.26. The Bertz CT molecular complexity index is 1160. The molecule has 0 fully saturated rings. The van der Waals surface area contributed by atoms with Crippen LogP contribution in [0.2, 0.25) is 0 Å². The van der Waals surface area contributed by atoms with Crippen molar-refractivity contribution in [3.63, 3.8) is 0 Å². The van der Waals surface area contributed by atoms with Crippen molar-refractivity contribution in [1.29, 1.82) is 0 Å². The number of amides is 1. The first-order chi connectivity index (χ1) is 12.7. The summed E-state index contributed by atoms with van der Waals surface area (Å²) in [6.45, 7) is 1.86. The van der Waals surface area contributed by atoms with Crippen LogP contribution >= 0.6 is 0 Å². The molecule has 0 atom stereocenters. The van der Waals surface area contributed by atoms with E-state index < -0.39 is 0 Å². The van der Waals surface area contributed by atoms with Crippen LogP contribution < -0.4 is 10.9 Å². The molecule has 7 nitrogen and oxygen atoms in total. The van der Waals surface area contributed by atoms with Gasteiger partial charge in [0, 0.05) is 12.1 Å². The minimum absolute atomic E-state index is 0.0982. The van der Waals surface area contributed by atoms with Gasteiger partial charge in [0.25, 0.3) is 5.56 Å². The van der Waals surface area contributed by atoms with E-state index in [4.69, 9.17) is 0 Å². The van der Waals surface area contributed by atoms with Crippen molar-refractivity contribution in [2.24, 2.45) is 0 Å². The van der Waals surface area contributed by atoms with Crippen LogP contribution in [0.4, 0.5) is 5.69 Å². The van der Waals surface area contributed by atoms with E-state index in [1.807, 2.05) is 49.4 Å². The first kappa shape index (κ1) is 16.0. The van der Waals surface area contributed by atoms with E-state index in [-0.39, 0.29) is 23.7 Å². The van der Waals surface area contributed by atoms with Gasteiger partial charge in [0.2, 0.25) is 11.6 Å². The number of benzene rings is 2. The molecule has 0 saturated carbocycles. The highest BCUT2D eigenvalue weighted by atomic mass is 16.2. The molecule has 0 radical (unpaired) electrons. The van der Waals surface area contributed by atoms with Gasteiger partial charge in [-0.15, -0.1) is 10.2 Å². The van der Waals surface area contributed by atoms with Gasteiger partial charge < -0.3 is 5.32 Å². The monoisotopic (exact) mass is 347 g/mol. The van der Waals surface area contributed by atoms with Crippen LogP contribution in [0.3, 0.4) is 0 Å². The zero-order chi connectivity index (χ0) is 18.1. The van der Waals surface area contributed by atoms with E-state index in [1.54, 1.807) is 16.5 Å². The fraction of sp³-hybridized carbons (Fsp3) is 0.158. The molecule has 26 heavy (non-hydrogen) atoms. The Morgan fingerprint density at radius 1 is 1.00 bits per heavy atom. The number of rotatable bonds is 4. The van der Waals surface area contributed by atoms with Crippen LogP contribution in [0, 0.1) is 0 Å². The lowest BCUT2D eigenvalue weighted by molar-refractivity contribution is -0.116. The van der Waals surface area contributed by atoms with Crippen molar-refractivity contribution in [2.45, 2.75) is 19.9 Å². The second-order valence-corrected chi connectivity index (χ2v) is 5.92. The Kier molecular flexibility index (Phi) is 3.96.